The van der Waals surface area contributed by atoms with Crippen molar-refractivity contribution in [2.45, 2.75) is 13.3 Å². The molecular formula is C19H20N2O2. The fourth-order valence-corrected chi connectivity index (χ4v) is 2.86. The molecule has 4 nitrogen and oxygen atoms in total. The number of ether oxygens (including phenoxy) is 1. The monoisotopic (exact) mass is 308 g/mol. The maximum Gasteiger partial charge on any atom is 0.228 e. The molecule has 3 rings (SSSR count). The van der Waals surface area contributed by atoms with Crippen LogP contribution >= 0.6 is 0 Å². The van der Waals surface area contributed by atoms with Gasteiger partial charge in [-0.05, 0) is 42.8 Å². The predicted octanol–water partition coefficient (Wildman–Crippen LogP) is 3.68. The van der Waals surface area contributed by atoms with Gasteiger partial charge >= 0.3 is 0 Å². The van der Waals surface area contributed by atoms with Gasteiger partial charge in [0.2, 0.25) is 5.91 Å². The molecule has 0 unspecified atom stereocenters. The molecule has 4 heteroatoms. The Morgan fingerprint density at radius 1 is 1.13 bits per heavy atom. The maximum absolute atomic E-state index is 12.4. The van der Waals surface area contributed by atoms with Crippen LogP contribution in [0.1, 0.15) is 11.3 Å². The second kappa shape index (κ2) is 6.16. The Hall–Kier alpha value is -2.75. The molecule has 0 aliphatic rings. The van der Waals surface area contributed by atoms with Gasteiger partial charge in [-0.3, -0.25) is 4.79 Å². The largest absolute Gasteiger partial charge is 0.497 e. The number of para-hydroxylation sites is 1. The van der Waals surface area contributed by atoms with E-state index in [0.717, 1.165) is 33.6 Å². The SMILES string of the molecule is COc1ccc(NC(=O)Cc2c(C)n(C)c3ccccc23)cc1. The fraction of sp³-hybridized carbons (Fsp3) is 0.211. The van der Waals surface area contributed by atoms with E-state index in [2.05, 4.69) is 28.9 Å². The van der Waals surface area contributed by atoms with Crippen LogP contribution in [0.5, 0.6) is 5.75 Å². The van der Waals surface area contributed by atoms with Gasteiger partial charge in [-0.2, -0.15) is 0 Å². The third-order valence-corrected chi connectivity index (χ3v) is 4.24. The van der Waals surface area contributed by atoms with Gasteiger partial charge in [-0.1, -0.05) is 18.2 Å². The van der Waals surface area contributed by atoms with Gasteiger partial charge in [-0.25, -0.2) is 0 Å². The van der Waals surface area contributed by atoms with Crippen molar-refractivity contribution < 1.29 is 9.53 Å². The number of nitrogens with zero attached hydrogens (tertiary/aromatic N) is 1. The van der Waals surface area contributed by atoms with Crippen molar-refractivity contribution in [1.29, 1.82) is 0 Å². The van der Waals surface area contributed by atoms with E-state index < -0.39 is 0 Å². The number of carbonyl (C=O) groups is 1. The number of fused-ring (bicyclic) bond motifs is 1. The molecule has 1 amide bonds. The summed E-state index contributed by atoms with van der Waals surface area (Å²) in [5.41, 5.74) is 4.12. The quantitative estimate of drug-likeness (QED) is 0.799. The summed E-state index contributed by atoms with van der Waals surface area (Å²) < 4.78 is 7.25. The first kappa shape index (κ1) is 15.2. The number of rotatable bonds is 4. The Morgan fingerprint density at radius 2 is 1.83 bits per heavy atom. The van der Waals surface area contributed by atoms with Gasteiger partial charge in [-0.15, -0.1) is 0 Å². The number of methoxy groups -OCH3 is 1. The van der Waals surface area contributed by atoms with Crippen LogP contribution in [0.15, 0.2) is 48.5 Å². The summed E-state index contributed by atoms with van der Waals surface area (Å²) in [4.78, 5) is 12.4. The van der Waals surface area contributed by atoms with Gasteiger partial charge in [0.05, 0.1) is 13.5 Å². The van der Waals surface area contributed by atoms with E-state index in [4.69, 9.17) is 4.74 Å². The number of benzene rings is 2. The molecule has 0 spiro atoms. The lowest BCUT2D eigenvalue weighted by Crippen LogP contribution is -2.14. The zero-order valence-electron chi connectivity index (χ0n) is 13.6. The number of carbonyl (C=O) groups excluding carboxylic acids is 1. The molecule has 3 aromatic rings. The zero-order chi connectivity index (χ0) is 16.4. The lowest BCUT2D eigenvalue weighted by molar-refractivity contribution is -0.115. The summed E-state index contributed by atoms with van der Waals surface area (Å²) in [6, 6.07) is 15.5. The predicted molar refractivity (Wildman–Crippen MR) is 93.0 cm³/mol. The molecule has 0 saturated carbocycles. The van der Waals surface area contributed by atoms with Crippen LogP contribution in [0.2, 0.25) is 0 Å². The number of anilines is 1. The maximum atomic E-state index is 12.4. The van der Waals surface area contributed by atoms with Crippen molar-refractivity contribution in [1.82, 2.24) is 4.57 Å². The van der Waals surface area contributed by atoms with Crippen molar-refractivity contribution in [2.75, 3.05) is 12.4 Å². The summed E-state index contributed by atoms with van der Waals surface area (Å²) >= 11 is 0. The third-order valence-electron chi connectivity index (χ3n) is 4.24. The van der Waals surface area contributed by atoms with Gasteiger partial charge in [0.15, 0.2) is 0 Å². The van der Waals surface area contributed by atoms with Crippen molar-refractivity contribution in [3.05, 3.63) is 59.8 Å². The second-order valence-electron chi connectivity index (χ2n) is 5.59. The van der Waals surface area contributed by atoms with Crippen LogP contribution in [0.4, 0.5) is 5.69 Å². The smallest absolute Gasteiger partial charge is 0.228 e. The number of hydrogen-bond acceptors (Lipinski definition) is 2. The number of nitrogens with one attached hydrogen (secondary N) is 1. The number of aromatic nitrogens is 1. The van der Waals surface area contributed by atoms with Crippen LogP contribution in [-0.4, -0.2) is 17.6 Å². The highest BCUT2D eigenvalue weighted by molar-refractivity contribution is 5.96. The number of amides is 1. The number of aryl methyl sites for hydroxylation is 1. The first-order valence-corrected chi connectivity index (χ1v) is 7.57. The highest BCUT2D eigenvalue weighted by Gasteiger charge is 2.14. The van der Waals surface area contributed by atoms with E-state index >= 15 is 0 Å². The van der Waals surface area contributed by atoms with Gasteiger partial charge < -0.3 is 14.6 Å². The lowest BCUT2D eigenvalue weighted by Gasteiger charge is -2.07. The van der Waals surface area contributed by atoms with Crippen molar-refractivity contribution in [3.8, 4) is 5.75 Å². The van der Waals surface area contributed by atoms with Crippen molar-refractivity contribution >= 4 is 22.5 Å². The van der Waals surface area contributed by atoms with Gasteiger partial charge in [0.1, 0.15) is 5.75 Å². The molecule has 0 bridgehead atoms. The lowest BCUT2D eigenvalue weighted by atomic mass is 10.1. The van der Waals surface area contributed by atoms with Crippen LogP contribution in [-0.2, 0) is 18.3 Å². The summed E-state index contributed by atoms with van der Waals surface area (Å²) in [5, 5.41) is 4.08. The van der Waals surface area contributed by atoms with Crippen molar-refractivity contribution in [2.24, 2.45) is 7.05 Å². The summed E-state index contributed by atoms with van der Waals surface area (Å²) in [6.07, 6.45) is 0.360. The van der Waals surface area contributed by atoms with Crippen LogP contribution in [0, 0.1) is 6.92 Å². The first-order valence-electron chi connectivity index (χ1n) is 7.57. The Balaban J connectivity index is 1.81. The minimum absolute atomic E-state index is 0.0189. The van der Waals surface area contributed by atoms with Crippen molar-refractivity contribution in [3.63, 3.8) is 0 Å². The molecule has 1 heterocycles. The zero-order valence-corrected chi connectivity index (χ0v) is 13.6. The first-order chi connectivity index (χ1) is 11.1. The molecule has 1 aromatic heterocycles. The average Bonchev–Trinajstić information content (AvgIpc) is 2.81. The van der Waals surface area contributed by atoms with E-state index in [1.165, 1.54) is 0 Å². The molecule has 0 atom stereocenters. The number of hydrogen-bond donors (Lipinski definition) is 1. The van der Waals surface area contributed by atoms with E-state index in [1.807, 2.05) is 43.4 Å². The average molecular weight is 308 g/mol. The molecule has 0 aliphatic heterocycles. The van der Waals surface area contributed by atoms with E-state index in [-0.39, 0.29) is 5.91 Å². The van der Waals surface area contributed by atoms with Gasteiger partial charge in [0.25, 0.3) is 0 Å². The Morgan fingerprint density at radius 3 is 2.52 bits per heavy atom. The molecule has 0 fully saturated rings. The Labute approximate surface area is 135 Å². The molecule has 1 N–H and O–H groups in total. The Bertz CT molecular complexity index is 848. The highest BCUT2D eigenvalue weighted by Crippen LogP contribution is 2.25. The molecular weight excluding hydrogens is 288 g/mol. The minimum Gasteiger partial charge on any atom is -0.497 e. The minimum atomic E-state index is -0.0189. The molecule has 2 aromatic carbocycles. The molecule has 0 aliphatic carbocycles. The Kier molecular flexibility index (Phi) is 4.06. The van der Waals surface area contributed by atoms with Gasteiger partial charge in [0, 0.05) is 29.3 Å². The molecule has 0 saturated heterocycles. The van der Waals surface area contributed by atoms with Crippen LogP contribution in [0.3, 0.4) is 0 Å². The van der Waals surface area contributed by atoms with Crippen LogP contribution in [0.25, 0.3) is 10.9 Å². The van der Waals surface area contributed by atoms with Crippen LogP contribution < -0.4 is 10.1 Å². The molecule has 118 valence electrons. The highest BCUT2D eigenvalue weighted by atomic mass is 16.5. The standard InChI is InChI=1S/C19H20N2O2/c1-13-17(16-6-4-5-7-18(16)21(13)2)12-19(22)20-14-8-10-15(23-3)11-9-14/h4-11H,12H2,1-3H3,(H,20,22). The van der Waals surface area contributed by atoms with E-state index in [1.54, 1.807) is 7.11 Å². The van der Waals surface area contributed by atoms with E-state index in [9.17, 15) is 4.79 Å². The molecule has 23 heavy (non-hydrogen) atoms. The summed E-state index contributed by atoms with van der Waals surface area (Å²) in [6.45, 7) is 2.05. The third kappa shape index (κ3) is 2.93. The second-order valence-corrected chi connectivity index (χ2v) is 5.59. The molecule has 0 radical (unpaired) electrons. The summed E-state index contributed by atoms with van der Waals surface area (Å²) in [5.74, 6) is 0.752. The normalized spacial score (nSPS) is 10.7. The fourth-order valence-electron chi connectivity index (χ4n) is 2.86. The topological polar surface area (TPSA) is 43.3 Å². The summed E-state index contributed by atoms with van der Waals surface area (Å²) in [7, 11) is 3.65. The van der Waals surface area contributed by atoms with E-state index in [0.29, 0.717) is 6.42 Å².